The lowest BCUT2D eigenvalue weighted by Gasteiger charge is -2.15. The number of hydrogen-bond donors (Lipinski definition) is 1. The van der Waals surface area contributed by atoms with E-state index < -0.39 is 12.5 Å². The van der Waals surface area contributed by atoms with Gasteiger partial charge in [0.2, 0.25) is 0 Å². The number of hydrogen-bond acceptors (Lipinski definition) is 1. The van der Waals surface area contributed by atoms with Crippen molar-refractivity contribution in [2.24, 2.45) is 5.73 Å². The van der Waals surface area contributed by atoms with E-state index in [1.54, 1.807) is 12.1 Å². The molecule has 0 radical (unpaired) electrons. The van der Waals surface area contributed by atoms with Gasteiger partial charge in [-0.15, -0.1) is 0 Å². The zero-order valence-electron chi connectivity index (χ0n) is 7.86. The van der Waals surface area contributed by atoms with Crippen LogP contribution in [-0.2, 0) is 6.42 Å². The molecule has 0 aliphatic heterocycles. The molecule has 78 valence electrons. The number of benzene rings is 1. The van der Waals surface area contributed by atoms with Gasteiger partial charge < -0.3 is 5.73 Å². The molecule has 0 aliphatic carbocycles. The van der Waals surface area contributed by atoms with Crippen LogP contribution in [0.3, 0.4) is 0 Å². The lowest BCUT2D eigenvalue weighted by atomic mass is 10.0. The van der Waals surface area contributed by atoms with Crippen molar-refractivity contribution >= 4 is 15.9 Å². The van der Waals surface area contributed by atoms with Gasteiger partial charge in [-0.1, -0.05) is 28.1 Å². The minimum absolute atomic E-state index is 0.297. The molecule has 4 heteroatoms. The Kier molecular flexibility index (Phi) is 3.61. The van der Waals surface area contributed by atoms with Crippen molar-refractivity contribution in [3.05, 3.63) is 33.8 Å². The smallest absolute Gasteiger partial charge is 0.264 e. The molecule has 0 unspecified atom stereocenters. The summed E-state index contributed by atoms with van der Waals surface area (Å²) in [6.07, 6.45) is -0.297. The van der Waals surface area contributed by atoms with E-state index >= 15 is 0 Å². The molecule has 1 rings (SSSR count). The molecule has 0 saturated heterocycles. The van der Waals surface area contributed by atoms with Gasteiger partial charge in [-0.2, -0.15) is 0 Å². The van der Waals surface area contributed by atoms with E-state index in [9.17, 15) is 8.78 Å². The predicted octanol–water partition coefficient (Wildman–Crippen LogP) is 2.89. The summed E-state index contributed by atoms with van der Waals surface area (Å²) in [5.74, 6) is -2.81. The van der Waals surface area contributed by atoms with E-state index in [-0.39, 0.29) is 6.42 Å². The highest BCUT2D eigenvalue weighted by Gasteiger charge is 2.27. The molecular formula is C10H12BrF2N. The van der Waals surface area contributed by atoms with Gasteiger partial charge >= 0.3 is 0 Å². The Morgan fingerprint density at radius 3 is 2.64 bits per heavy atom. The van der Waals surface area contributed by atoms with E-state index in [0.717, 1.165) is 10.0 Å². The predicted molar refractivity (Wildman–Crippen MR) is 56.6 cm³/mol. The third-order valence-electron chi connectivity index (χ3n) is 2.13. The van der Waals surface area contributed by atoms with Crippen LogP contribution in [0.2, 0.25) is 0 Å². The van der Waals surface area contributed by atoms with Gasteiger partial charge in [0.25, 0.3) is 5.92 Å². The summed E-state index contributed by atoms with van der Waals surface area (Å²) in [4.78, 5) is 0. The van der Waals surface area contributed by atoms with Crippen molar-refractivity contribution in [2.45, 2.75) is 19.3 Å². The Morgan fingerprint density at radius 1 is 1.43 bits per heavy atom. The molecule has 2 N–H and O–H groups in total. The number of alkyl halides is 2. The zero-order chi connectivity index (χ0) is 10.8. The second-order valence-electron chi connectivity index (χ2n) is 3.26. The Morgan fingerprint density at radius 2 is 2.07 bits per heavy atom. The van der Waals surface area contributed by atoms with Crippen molar-refractivity contribution in [1.82, 2.24) is 0 Å². The van der Waals surface area contributed by atoms with Crippen molar-refractivity contribution in [2.75, 3.05) is 6.54 Å². The van der Waals surface area contributed by atoms with Crippen LogP contribution < -0.4 is 5.73 Å². The van der Waals surface area contributed by atoms with Crippen molar-refractivity contribution in [3.63, 3.8) is 0 Å². The molecule has 1 nitrogen and oxygen atoms in total. The van der Waals surface area contributed by atoms with Crippen molar-refractivity contribution in [1.29, 1.82) is 0 Å². The standard InChI is InChI=1S/C10H12BrF2N/c1-7-8(3-2-4-9(7)11)5-10(12,13)6-14/h2-4H,5-6,14H2,1H3. The summed E-state index contributed by atoms with van der Waals surface area (Å²) in [7, 11) is 0. The van der Waals surface area contributed by atoms with Gasteiger partial charge in [0.15, 0.2) is 0 Å². The van der Waals surface area contributed by atoms with E-state index in [2.05, 4.69) is 15.9 Å². The SMILES string of the molecule is Cc1c(Br)cccc1CC(F)(F)CN. The topological polar surface area (TPSA) is 26.0 Å². The maximum atomic E-state index is 13.0. The summed E-state index contributed by atoms with van der Waals surface area (Å²) < 4.78 is 26.9. The lowest BCUT2D eigenvalue weighted by Crippen LogP contribution is -2.30. The first-order valence-corrected chi connectivity index (χ1v) is 5.07. The van der Waals surface area contributed by atoms with Crippen LogP contribution in [0.4, 0.5) is 8.78 Å². The largest absolute Gasteiger partial charge is 0.325 e. The molecule has 0 aromatic heterocycles. The van der Waals surface area contributed by atoms with Gasteiger partial charge in [0.05, 0.1) is 6.54 Å². The van der Waals surface area contributed by atoms with Crippen LogP contribution in [0.25, 0.3) is 0 Å². The van der Waals surface area contributed by atoms with Gasteiger partial charge in [0, 0.05) is 10.9 Å². The van der Waals surface area contributed by atoms with Gasteiger partial charge in [-0.05, 0) is 24.1 Å². The zero-order valence-corrected chi connectivity index (χ0v) is 9.44. The molecule has 0 amide bonds. The molecule has 0 heterocycles. The fourth-order valence-corrected chi connectivity index (χ4v) is 1.60. The molecule has 0 saturated carbocycles. The second-order valence-corrected chi connectivity index (χ2v) is 4.12. The average Bonchev–Trinajstić information content (AvgIpc) is 2.13. The fourth-order valence-electron chi connectivity index (χ4n) is 1.19. The summed E-state index contributed by atoms with van der Waals surface area (Å²) >= 11 is 3.30. The van der Waals surface area contributed by atoms with E-state index in [1.165, 1.54) is 0 Å². The Bertz CT molecular complexity index is 326. The molecule has 0 spiro atoms. The number of rotatable bonds is 3. The second kappa shape index (κ2) is 4.36. The quantitative estimate of drug-likeness (QED) is 0.892. The Labute approximate surface area is 90.4 Å². The minimum Gasteiger partial charge on any atom is -0.325 e. The van der Waals surface area contributed by atoms with E-state index in [1.807, 2.05) is 13.0 Å². The number of nitrogens with two attached hydrogens (primary N) is 1. The van der Waals surface area contributed by atoms with Crippen LogP contribution in [0, 0.1) is 6.92 Å². The summed E-state index contributed by atoms with van der Waals surface area (Å²) in [6, 6.07) is 5.28. The first-order chi connectivity index (χ1) is 6.46. The number of halogens is 3. The van der Waals surface area contributed by atoms with Gasteiger partial charge in [-0.3, -0.25) is 0 Å². The van der Waals surface area contributed by atoms with Crippen molar-refractivity contribution < 1.29 is 8.78 Å². The maximum Gasteiger partial charge on any atom is 0.264 e. The molecule has 14 heavy (non-hydrogen) atoms. The van der Waals surface area contributed by atoms with E-state index in [0.29, 0.717) is 5.56 Å². The summed E-state index contributed by atoms with van der Waals surface area (Å²) in [6.45, 7) is 1.20. The van der Waals surface area contributed by atoms with Gasteiger partial charge in [-0.25, -0.2) is 8.78 Å². The minimum atomic E-state index is -2.81. The fraction of sp³-hybridized carbons (Fsp3) is 0.400. The Balaban J connectivity index is 2.92. The first-order valence-electron chi connectivity index (χ1n) is 4.28. The molecule has 0 aliphatic rings. The lowest BCUT2D eigenvalue weighted by molar-refractivity contribution is 0.0113. The third-order valence-corrected chi connectivity index (χ3v) is 2.99. The highest BCUT2D eigenvalue weighted by Crippen LogP contribution is 2.25. The first kappa shape index (κ1) is 11.6. The van der Waals surface area contributed by atoms with Crippen LogP contribution in [0.1, 0.15) is 11.1 Å². The molecule has 0 atom stereocenters. The summed E-state index contributed by atoms with van der Waals surface area (Å²) in [5.41, 5.74) is 6.46. The maximum absolute atomic E-state index is 13.0. The Hall–Kier alpha value is -0.480. The van der Waals surface area contributed by atoms with E-state index in [4.69, 9.17) is 5.73 Å². The summed E-state index contributed by atoms with van der Waals surface area (Å²) in [5, 5.41) is 0. The molecule has 1 aromatic carbocycles. The third kappa shape index (κ3) is 2.75. The highest BCUT2D eigenvalue weighted by atomic mass is 79.9. The normalized spacial score (nSPS) is 11.8. The van der Waals surface area contributed by atoms with Gasteiger partial charge in [0.1, 0.15) is 0 Å². The monoisotopic (exact) mass is 263 g/mol. The molecule has 0 fully saturated rings. The van der Waals surface area contributed by atoms with Crippen molar-refractivity contribution in [3.8, 4) is 0 Å². The van der Waals surface area contributed by atoms with Crippen LogP contribution in [0.15, 0.2) is 22.7 Å². The molecule has 1 aromatic rings. The molecule has 0 bridgehead atoms. The van der Waals surface area contributed by atoms with Crippen LogP contribution >= 0.6 is 15.9 Å². The molecular weight excluding hydrogens is 252 g/mol. The van der Waals surface area contributed by atoms with Crippen LogP contribution in [0.5, 0.6) is 0 Å². The average molecular weight is 264 g/mol. The highest BCUT2D eigenvalue weighted by molar-refractivity contribution is 9.10. The van der Waals surface area contributed by atoms with Crippen LogP contribution in [-0.4, -0.2) is 12.5 Å².